The molecule has 0 aromatic rings. The molecule has 0 bridgehead atoms. The van der Waals surface area contributed by atoms with Gasteiger partial charge in [-0.05, 0) is 45.6 Å². The zero-order chi connectivity index (χ0) is 13.8. The molecule has 0 spiro atoms. The maximum atomic E-state index is 11.0. The van der Waals surface area contributed by atoms with Gasteiger partial charge in [-0.3, -0.25) is 0 Å². The van der Waals surface area contributed by atoms with Crippen LogP contribution in [0.3, 0.4) is 0 Å². The van der Waals surface area contributed by atoms with E-state index in [0.717, 1.165) is 18.4 Å². The molecular formula is C15H22O3. The third-order valence-corrected chi connectivity index (χ3v) is 2.26. The number of unbranched alkanes of at least 4 members (excludes halogenated alkanes) is 1. The van der Waals surface area contributed by atoms with Crippen molar-refractivity contribution in [3.8, 4) is 11.8 Å². The molecule has 1 N–H and O–H groups in total. The van der Waals surface area contributed by atoms with E-state index in [1.807, 2.05) is 19.9 Å². The summed E-state index contributed by atoms with van der Waals surface area (Å²) in [5.41, 5.74) is 0.955. The van der Waals surface area contributed by atoms with E-state index in [0.29, 0.717) is 13.0 Å². The summed E-state index contributed by atoms with van der Waals surface area (Å²) in [5, 5.41) is 9.57. The molecule has 0 fully saturated rings. The number of allylic oxidation sites excluding steroid dienone is 3. The van der Waals surface area contributed by atoms with Crippen molar-refractivity contribution in [2.24, 2.45) is 0 Å². The first kappa shape index (κ1) is 16.5. The number of esters is 1. The monoisotopic (exact) mass is 250 g/mol. The molecule has 18 heavy (non-hydrogen) atoms. The van der Waals surface area contributed by atoms with Crippen molar-refractivity contribution in [1.82, 2.24) is 0 Å². The Bertz CT molecular complexity index is 356. The second-order valence-corrected chi connectivity index (χ2v) is 3.84. The van der Waals surface area contributed by atoms with Gasteiger partial charge in [-0.1, -0.05) is 24.0 Å². The molecule has 0 rings (SSSR count). The summed E-state index contributed by atoms with van der Waals surface area (Å²) in [5.74, 6) is 5.33. The van der Waals surface area contributed by atoms with Gasteiger partial charge < -0.3 is 9.84 Å². The van der Waals surface area contributed by atoms with Gasteiger partial charge in [-0.15, -0.1) is 0 Å². The van der Waals surface area contributed by atoms with Crippen LogP contribution in [0.4, 0.5) is 0 Å². The number of hydrogen-bond donors (Lipinski definition) is 1. The average Bonchev–Trinajstić information content (AvgIpc) is 2.35. The molecule has 100 valence electrons. The Balaban J connectivity index is 3.77. The van der Waals surface area contributed by atoms with Crippen molar-refractivity contribution in [3.05, 3.63) is 23.8 Å². The Morgan fingerprint density at radius 3 is 2.83 bits per heavy atom. The van der Waals surface area contributed by atoms with Crippen LogP contribution in [0.2, 0.25) is 0 Å². The van der Waals surface area contributed by atoms with Crippen LogP contribution >= 0.6 is 0 Å². The highest BCUT2D eigenvalue weighted by Gasteiger charge is 1.98. The second kappa shape index (κ2) is 10.6. The lowest BCUT2D eigenvalue weighted by Crippen LogP contribution is -2.02. The SMILES string of the molecule is C/C=C(\C)C#CC(O)CCC/C=C/C(=O)OCC. The standard InChI is InChI=1S/C15H22O3/c1-4-13(3)11-12-14(16)9-7-6-8-10-15(17)18-5-2/h4,8,10,14,16H,5-7,9H2,1-3H3/b10-8+,13-4+. The molecule has 1 unspecified atom stereocenters. The van der Waals surface area contributed by atoms with Gasteiger partial charge in [0.2, 0.25) is 0 Å². The van der Waals surface area contributed by atoms with E-state index in [9.17, 15) is 9.90 Å². The second-order valence-electron chi connectivity index (χ2n) is 3.84. The highest BCUT2D eigenvalue weighted by molar-refractivity contribution is 5.81. The number of ether oxygens (including phenoxy) is 1. The Morgan fingerprint density at radius 1 is 1.50 bits per heavy atom. The molecule has 0 aromatic heterocycles. The first-order chi connectivity index (χ1) is 8.60. The van der Waals surface area contributed by atoms with Gasteiger partial charge in [-0.2, -0.15) is 0 Å². The molecule has 3 nitrogen and oxygen atoms in total. The van der Waals surface area contributed by atoms with Crippen LogP contribution < -0.4 is 0 Å². The normalized spacial score (nSPS) is 13.0. The maximum Gasteiger partial charge on any atom is 0.330 e. The van der Waals surface area contributed by atoms with Crippen LogP contribution in [-0.2, 0) is 9.53 Å². The predicted molar refractivity (Wildman–Crippen MR) is 72.8 cm³/mol. The number of rotatable bonds is 6. The van der Waals surface area contributed by atoms with Crippen molar-refractivity contribution < 1.29 is 14.6 Å². The predicted octanol–water partition coefficient (Wildman–Crippen LogP) is 2.61. The van der Waals surface area contributed by atoms with Crippen LogP contribution in [-0.4, -0.2) is 23.8 Å². The average molecular weight is 250 g/mol. The topological polar surface area (TPSA) is 46.5 Å². The molecule has 0 aliphatic rings. The smallest absolute Gasteiger partial charge is 0.330 e. The maximum absolute atomic E-state index is 11.0. The van der Waals surface area contributed by atoms with E-state index in [1.54, 1.807) is 13.0 Å². The quantitative estimate of drug-likeness (QED) is 0.341. The summed E-state index contributed by atoms with van der Waals surface area (Å²) in [4.78, 5) is 11.0. The summed E-state index contributed by atoms with van der Waals surface area (Å²) >= 11 is 0. The summed E-state index contributed by atoms with van der Waals surface area (Å²) in [7, 11) is 0. The van der Waals surface area contributed by atoms with Crippen LogP contribution in [0.5, 0.6) is 0 Å². The zero-order valence-electron chi connectivity index (χ0n) is 11.4. The van der Waals surface area contributed by atoms with E-state index in [-0.39, 0.29) is 5.97 Å². The van der Waals surface area contributed by atoms with E-state index < -0.39 is 6.10 Å². The van der Waals surface area contributed by atoms with E-state index in [1.165, 1.54) is 6.08 Å². The molecule has 0 aliphatic heterocycles. The number of aliphatic hydroxyl groups excluding tert-OH is 1. The molecule has 0 saturated heterocycles. The minimum Gasteiger partial charge on any atom is -0.463 e. The van der Waals surface area contributed by atoms with Gasteiger partial charge in [0.1, 0.15) is 6.10 Å². The molecule has 3 heteroatoms. The van der Waals surface area contributed by atoms with Gasteiger partial charge in [0.15, 0.2) is 0 Å². The number of hydrogen-bond acceptors (Lipinski definition) is 3. The zero-order valence-corrected chi connectivity index (χ0v) is 11.4. The number of carbonyl (C=O) groups excluding carboxylic acids is 1. The Hall–Kier alpha value is -1.53. The van der Waals surface area contributed by atoms with Crippen molar-refractivity contribution in [2.75, 3.05) is 6.61 Å². The fraction of sp³-hybridized carbons (Fsp3) is 0.533. The van der Waals surface area contributed by atoms with Crippen LogP contribution in [0.25, 0.3) is 0 Å². The summed E-state index contributed by atoms with van der Waals surface area (Å²) < 4.78 is 4.74. The summed E-state index contributed by atoms with van der Waals surface area (Å²) in [6.07, 6.45) is 6.62. The molecule has 0 amide bonds. The fourth-order valence-corrected chi connectivity index (χ4v) is 1.14. The number of aliphatic hydroxyl groups is 1. The lowest BCUT2D eigenvalue weighted by Gasteiger charge is -2.00. The van der Waals surface area contributed by atoms with E-state index >= 15 is 0 Å². The van der Waals surface area contributed by atoms with Crippen molar-refractivity contribution >= 4 is 5.97 Å². The highest BCUT2D eigenvalue weighted by atomic mass is 16.5. The molecule has 0 aromatic carbocycles. The largest absolute Gasteiger partial charge is 0.463 e. The van der Waals surface area contributed by atoms with Gasteiger partial charge in [0.05, 0.1) is 6.61 Å². The van der Waals surface area contributed by atoms with Gasteiger partial charge in [0.25, 0.3) is 0 Å². The summed E-state index contributed by atoms with van der Waals surface area (Å²) in [6.45, 7) is 5.98. The molecule has 0 saturated carbocycles. The molecule has 1 atom stereocenters. The first-order valence-electron chi connectivity index (χ1n) is 6.26. The van der Waals surface area contributed by atoms with Crippen LogP contribution in [0.1, 0.15) is 40.0 Å². The molecule has 0 aliphatic carbocycles. The highest BCUT2D eigenvalue weighted by Crippen LogP contribution is 2.02. The van der Waals surface area contributed by atoms with Crippen molar-refractivity contribution in [3.63, 3.8) is 0 Å². The van der Waals surface area contributed by atoms with Crippen molar-refractivity contribution in [2.45, 2.75) is 46.1 Å². The minimum absolute atomic E-state index is 0.318. The molecular weight excluding hydrogens is 228 g/mol. The van der Waals surface area contributed by atoms with Crippen molar-refractivity contribution in [1.29, 1.82) is 0 Å². The lowest BCUT2D eigenvalue weighted by molar-refractivity contribution is -0.137. The van der Waals surface area contributed by atoms with Crippen LogP contribution in [0.15, 0.2) is 23.8 Å². The Morgan fingerprint density at radius 2 is 2.22 bits per heavy atom. The molecule has 0 heterocycles. The Labute approximate surface area is 110 Å². The molecule has 0 radical (unpaired) electrons. The van der Waals surface area contributed by atoms with Gasteiger partial charge >= 0.3 is 5.97 Å². The van der Waals surface area contributed by atoms with E-state index in [2.05, 4.69) is 11.8 Å². The Kier molecular flexibility index (Phi) is 9.71. The minimum atomic E-state index is -0.601. The fourth-order valence-electron chi connectivity index (χ4n) is 1.14. The number of carbonyl (C=O) groups is 1. The first-order valence-corrected chi connectivity index (χ1v) is 6.26. The lowest BCUT2D eigenvalue weighted by atomic mass is 10.1. The van der Waals surface area contributed by atoms with Gasteiger partial charge in [-0.25, -0.2) is 4.79 Å². The summed E-state index contributed by atoms with van der Waals surface area (Å²) in [6, 6.07) is 0. The third-order valence-electron chi connectivity index (χ3n) is 2.26. The van der Waals surface area contributed by atoms with E-state index in [4.69, 9.17) is 4.74 Å². The van der Waals surface area contributed by atoms with Crippen LogP contribution in [0, 0.1) is 11.8 Å². The third kappa shape index (κ3) is 9.68. The van der Waals surface area contributed by atoms with Gasteiger partial charge in [0, 0.05) is 6.08 Å².